The lowest BCUT2D eigenvalue weighted by atomic mass is 10.1. The highest BCUT2D eigenvalue weighted by Gasteiger charge is 2.15. The molecule has 25 heavy (non-hydrogen) atoms. The topological polar surface area (TPSA) is 162 Å². The second-order valence-corrected chi connectivity index (χ2v) is 6.95. The molecule has 5 N–H and O–H groups in total. The van der Waals surface area contributed by atoms with E-state index < -0.39 is 34.0 Å². The SMILES string of the molecule is CC(O)CC(O)CS(=O)(=O)O.O=C(O)Cc1ccc(CCOO)cc1. The molecule has 0 saturated heterocycles. The van der Waals surface area contributed by atoms with E-state index in [0.29, 0.717) is 6.42 Å². The van der Waals surface area contributed by atoms with Gasteiger partial charge in [0.05, 0.1) is 25.2 Å². The molecular formula is C15H24O9S. The summed E-state index contributed by atoms with van der Waals surface area (Å²) in [5.74, 6) is -1.56. The first-order valence-corrected chi connectivity index (χ1v) is 9.01. The van der Waals surface area contributed by atoms with E-state index in [4.69, 9.17) is 25.1 Å². The van der Waals surface area contributed by atoms with Crippen LogP contribution in [0.1, 0.15) is 24.5 Å². The zero-order valence-corrected chi connectivity index (χ0v) is 14.6. The number of hydrogen-bond acceptors (Lipinski definition) is 7. The molecule has 1 aromatic rings. The van der Waals surface area contributed by atoms with Gasteiger partial charge in [-0.3, -0.25) is 14.6 Å². The van der Waals surface area contributed by atoms with E-state index in [0.717, 1.165) is 11.1 Å². The summed E-state index contributed by atoms with van der Waals surface area (Å²) in [6.45, 7) is 1.67. The van der Waals surface area contributed by atoms with Gasteiger partial charge in [0.1, 0.15) is 5.75 Å². The monoisotopic (exact) mass is 380 g/mol. The molecule has 0 saturated carbocycles. The van der Waals surface area contributed by atoms with E-state index in [-0.39, 0.29) is 19.4 Å². The Morgan fingerprint density at radius 1 is 1.16 bits per heavy atom. The Kier molecular flexibility index (Phi) is 11.2. The molecule has 0 aliphatic rings. The third-order valence-electron chi connectivity index (χ3n) is 2.88. The lowest BCUT2D eigenvalue weighted by molar-refractivity contribution is -0.241. The third-order valence-corrected chi connectivity index (χ3v) is 3.68. The summed E-state index contributed by atoms with van der Waals surface area (Å²) >= 11 is 0. The molecule has 144 valence electrons. The smallest absolute Gasteiger partial charge is 0.307 e. The number of aliphatic hydroxyl groups excluding tert-OH is 2. The number of rotatable bonds is 9. The minimum absolute atomic E-state index is 0.0385. The van der Waals surface area contributed by atoms with Crippen LogP contribution in [0.4, 0.5) is 0 Å². The highest BCUT2D eigenvalue weighted by Crippen LogP contribution is 2.06. The Morgan fingerprint density at radius 2 is 1.68 bits per heavy atom. The Bertz CT molecular complexity index is 596. The largest absolute Gasteiger partial charge is 0.481 e. The molecule has 0 aliphatic heterocycles. The number of aliphatic hydroxyl groups is 2. The normalized spacial score (nSPS) is 13.5. The summed E-state index contributed by atoms with van der Waals surface area (Å²) < 4.78 is 28.5. The van der Waals surface area contributed by atoms with Gasteiger partial charge in [0.2, 0.25) is 0 Å². The fourth-order valence-electron chi connectivity index (χ4n) is 1.87. The molecule has 0 aromatic heterocycles. The number of carboxylic acids is 1. The molecule has 0 aliphatic carbocycles. The van der Waals surface area contributed by atoms with Crippen molar-refractivity contribution in [1.82, 2.24) is 0 Å². The van der Waals surface area contributed by atoms with Crippen molar-refractivity contribution in [3.63, 3.8) is 0 Å². The van der Waals surface area contributed by atoms with Gasteiger partial charge in [0.15, 0.2) is 0 Å². The van der Waals surface area contributed by atoms with Crippen molar-refractivity contribution in [2.75, 3.05) is 12.4 Å². The number of benzene rings is 1. The Morgan fingerprint density at radius 3 is 2.08 bits per heavy atom. The molecule has 9 nitrogen and oxygen atoms in total. The average Bonchev–Trinajstić information content (AvgIpc) is 2.43. The molecule has 2 unspecified atom stereocenters. The van der Waals surface area contributed by atoms with Gasteiger partial charge < -0.3 is 15.3 Å². The zero-order chi connectivity index (χ0) is 19.5. The van der Waals surface area contributed by atoms with Gasteiger partial charge in [-0.2, -0.15) is 8.42 Å². The quantitative estimate of drug-likeness (QED) is 0.231. The zero-order valence-electron chi connectivity index (χ0n) is 13.8. The van der Waals surface area contributed by atoms with Crippen LogP contribution in [0.5, 0.6) is 0 Å². The van der Waals surface area contributed by atoms with Crippen molar-refractivity contribution >= 4 is 16.1 Å². The van der Waals surface area contributed by atoms with Gasteiger partial charge in [0.25, 0.3) is 10.1 Å². The molecule has 2 atom stereocenters. The first kappa shape index (κ1) is 23.4. The van der Waals surface area contributed by atoms with Gasteiger partial charge in [-0.25, -0.2) is 4.89 Å². The molecule has 1 aromatic carbocycles. The second-order valence-electron chi connectivity index (χ2n) is 5.46. The Labute approximate surface area is 146 Å². The van der Waals surface area contributed by atoms with Crippen LogP contribution in [0, 0.1) is 0 Å². The summed E-state index contributed by atoms with van der Waals surface area (Å²) in [6, 6.07) is 7.19. The van der Waals surface area contributed by atoms with Crippen molar-refractivity contribution in [2.45, 2.75) is 38.4 Å². The number of carbonyl (C=O) groups is 1. The maximum atomic E-state index is 10.4. The van der Waals surface area contributed by atoms with Crippen LogP contribution in [0.15, 0.2) is 24.3 Å². The summed E-state index contributed by atoms with van der Waals surface area (Å²) in [5.41, 5.74) is 1.78. The number of aliphatic carboxylic acids is 1. The maximum Gasteiger partial charge on any atom is 0.307 e. The van der Waals surface area contributed by atoms with Gasteiger partial charge in [-0.05, 0) is 24.5 Å². The lowest BCUT2D eigenvalue weighted by Crippen LogP contribution is -2.23. The molecule has 0 heterocycles. The fourth-order valence-corrected chi connectivity index (χ4v) is 2.49. The minimum Gasteiger partial charge on any atom is -0.481 e. The lowest BCUT2D eigenvalue weighted by Gasteiger charge is -2.09. The highest BCUT2D eigenvalue weighted by atomic mass is 32.2. The molecule has 0 radical (unpaired) electrons. The van der Waals surface area contributed by atoms with Crippen LogP contribution in [-0.4, -0.2) is 64.1 Å². The van der Waals surface area contributed by atoms with E-state index in [1.54, 1.807) is 12.1 Å². The van der Waals surface area contributed by atoms with Crippen LogP contribution < -0.4 is 0 Å². The van der Waals surface area contributed by atoms with Gasteiger partial charge >= 0.3 is 5.97 Å². The molecular weight excluding hydrogens is 356 g/mol. The summed E-state index contributed by atoms with van der Waals surface area (Å²) in [4.78, 5) is 14.3. The molecule has 0 spiro atoms. The van der Waals surface area contributed by atoms with Crippen molar-refractivity contribution in [3.05, 3.63) is 35.4 Å². The van der Waals surface area contributed by atoms with Crippen molar-refractivity contribution in [3.8, 4) is 0 Å². The second kappa shape index (κ2) is 11.9. The van der Waals surface area contributed by atoms with E-state index >= 15 is 0 Å². The predicted octanol–water partition coefficient (Wildman–Crippen LogP) is 0.352. The van der Waals surface area contributed by atoms with Gasteiger partial charge in [-0.1, -0.05) is 24.3 Å². The van der Waals surface area contributed by atoms with Crippen molar-refractivity contribution in [1.29, 1.82) is 0 Å². The summed E-state index contributed by atoms with van der Waals surface area (Å²) in [5, 5.41) is 34.2. The first-order chi connectivity index (χ1) is 11.5. The molecule has 10 heteroatoms. The van der Waals surface area contributed by atoms with E-state index in [1.807, 2.05) is 12.1 Å². The Balaban J connectivity index is 0.000000477. The van der Waals surface area contributed by atoms with Gasteiger partial charge in [-0.15, -0.1) is 0 Å². The first-order valence-electron chi connectivity index (χ1n) is 7.40. The van der Waals surface area contributed by atoms with Crippen LogP contribution in [0.3, 0.4) is 0 Å². The molecule has 0 fully saturated rings. The molecule has 1 rings (SSSR count). The van der Waals surface area contributed by atoms with Gasteiger partial charge in [0, 0.05) is 6.42 Å². The standard InChI is InChI=1S/C10H12O4.C5H12O5S/c11-10(12)7-9-3-1-8(2-4-9)5-6-14-13;1-4(6)2-5(7)3-11(8,9)10/h1-4,13H,5-7H2,(H,11,12);4-7H,2-3H2,1H3,(H,8,9,10). The maximum absolute atomic E-state index is 10.4. The number of hydrogen-bond donors (Lipinski definition) is 5. The summed E-state index contributed by atoms with van der Waals surface area (Å²) in [6.07, 6.45) is -1.38. The Hall–Kier alpha value is -1.56. The highest BCUT2D eigenvalue weighted by molar-refractivity contribution is 7.85. The fraction of sp³-hybridized carbons (Fsp3) is 0.533. The third kappa shape index (κ3) is 14.5. The number of carboxylic acid groups (broad SMARTS) is 1. The van der Waals surface area contributed by atoms with Crippen LogP contribution in [-0.2, 0) is 32.6 Å². The van der Waals surface area contributed by atoms with Crippen molar-refractivity contribution < 1.29 is 43.2 Å². The van der Waals surface area contributed by atoms with Crippen LogP contribution in [0.25, 0.3) is 0 Å². The van der Waals surface area contributed by atoms with Crippen LogP contribution >= 0.6 is 0 Å². The average molecular weight is 380 g/mol. The van der Waals surface area contributed by atoms with E-state index in [9.17, 15) is 13.2 Å². The van der Waals surface area contributed by atoms with Crippen molar-refractivity contribution in [2.24, 2.45) is 0 Å². The summed E-state index contributed by atoms with van der Waals surface area (Å²) in [7, 11) is -4.13. The van der Waals surface area contributed by atoms with E-state index in [2.05, 4.69) is 4.89 Å². The van der Waals surface area contributed by atoms with Crippen LogP contribution in [0.2, 0.25) is 0 Å². The van der Waals surface area contributed by atoms with E-state index in [1.165, 1.54) is 6.92 Å². The molecule has 0 bridgehead atoms. The predicted molar refractivity (Wildman–Crippen MR) is 88.8 cm³/mol. The minimum atomic E-state index is -4.13. The molecule has 0 amide bonds.